The van der Waals surface area contributed by atoms with Gasteiger partial charge in [0.2, 0.25) is 18.6 Å². The molecule has 0 unspecified atom stereocenters. The third-order valence-electron chi connectivity index (χ3n) is 3.42. The number of amides is 2. The lowest BCUT2D eigenvalue weighted by atomic mass is 10.1. The van der Waals surface area contributed by atoms with Crippen LogP contribution in [0.4, 0.5) is 5.69 Å². The molecule has 3 rings (SSSR count). The first-order chi connectivity index (χ1) is 11.6. The molecule has 1 aliphatic heterocycles. The van der Waals surface area contributed by atoms with Crippen LogP contribution in [-0.2, 0) is 16.0 Å². The van der Waals surface area contributed by atoms with Gasteiger partial charge in [0.05, 0.1) is 6.42 Å². The van der Waals surface area contributed by atoms with Gasteiger partial charge in [0, 0.05) is 11.8 Å². The van der Waals surface area contributed by atoms with Crippen LogP contribution in [0.3, 0.4) is 0 Å². The largest absolute Gasteiger partial charge is 0.454 e. The maximum Gasteiger partial charge on any atom is 0.248 e. The van der Waals surface area contributed by atoms with Crippen LogP contribution >= 0.6 is 0 Å². The third-order valence-corrected chi connectivity index (χ3v) is 3.42. The van der Waals surface area contributed by atoms with Crippen molar-refractivity contribution in [1.29, 1.82) is 0 Å². The molecule has 122 valence electrons. The number of ether oxygens (including phenoxy) is 2. The van der Waals surface area contributed by atoms with Crippen molar-refractivity contribution in [2.75, 3.05) is 12.1 Å². The van der Waals surface area contributed by atoms with Crippen molar-refractivity contribution >= 4 is 23.6 Å². The first kappa shape index (κ1) is 15.6. The zero-order valence-corrected chi connectivity index (χ0v) is 12.8. The van der Waals surface area contributed by atoms with E-state index < -0.39 is 5.91 Å². The zero-order chi connectivity index (χ0) is 16.9. The van der Waals surface area contributed by atoms with E-state index in [9.17, 15) is 9.59 Å². The Hall–Kier alpha value is -3.28. The fraction of sp³-hybridized carbons (Fsp3) is 0.111. The Morgan fingerprint density at radius 3 is 2.58 bits per heavy atom. The molecule has 2 aromatic carbocycles. The Bertz CT molecular complexity index is 797. The van der Waals surface area contributed by atoms with Gasteiger partial charge >= 0.3 is 0 Å². The van der Waals surface area contributed by atoms with Crippen molar-refractivity contribution in [2.45, 2.75) is 6.42 Å². The van der Waals surface area contributed by atoms with Crippen LogP contribution in [0.25, 0.3) is 6.08 Å². The van der Waals surface area contributed by atoms with Crippen molar-refractivity contribution in [2.24, 2.45) is 5.73 Å². The number of carbonyl (C=O) groups excluding carboxylic acids is 2. The lowest BCUT2D eigenvalue weighted by Crippen LogP contribution is -2.13. The molecule has 0 atom stereocenters. The number of primary amides is 1. The number of benzene rings is 2. The maximum absolute atomic E-state index is 12.0. The highest BCUT2D eigenvalue weighted by Crippen LogP contribution is 2.32. The predicted octanol–water partition coefficient (Wildman–Crippen LogP) is 2.09. The molecule has 6 nitrogen and oxygen atoms in total. The highest BCUT2D eigenvalue weighted by Gasteiger charge is 2.12. The molecule has 3 N–H and O–H groups in total. The van der Waals surface area contributed by atoms with Crippen LogP contribution in [0.15, 0.2) is 48.5 Å². The Labute approximate surface area is 138 Å². The molecule has 1 heterocycles. The standard InChI is InChI=1S/C18H16N2O4/c19-17(21)10-13-1-5-14(6-2-13)20-18(22)8-4-12-3-7-15-16(9-12)24-11-23-15/h1-9H,10-11H2,(H2,19,21)(H,20,22). The summed E-state index contributed by atoms with van der Waals surface area (Å²) in [6, 6.07) is 12.4. The van der Waals surface area contributed by atoms with Crippen LogP contribution in [0.2, 0.25) is 0 Å². The molecule has 0 aromatic heterocycles. The molecule has 2 aromatic rings. The lowest BCUT2D eigenvalue weighted by Gasteiger charge is -2.04. The smallest absolute Gasteiger partial charge is 0.248 e. The number of anilines is 1. The minimum Gasteiger partial charge on any atom is -0.454 e. The van der Waals surface area contributed by atoms with E-state index >= 15 is 0 Å². The summed E-state index contributed by atoms with van der Waals surface area (Å²) in [5.41, 5.74) is 7.42. The Balaban J connectivity index is 1.59. The van der Waals surface area contributed by atoms with Gasteiger partial charge in [-0.05, 0) is 41.5 Å². The van der Waals surface area contributed by atoms with Crippen molar-refractivity contribution in [3.05, 3.63) is 59.7 Å². The number of hydrogen-bond acceptors (Lipinski definition) is 4. The SMILES string of the molecule is NC(=O)Cc1ccc(NC(=O)C=Cc2ccc3c(c2)OCO3)cc1. The van der Waals surface area contributed by atoms with E-state index in [4.69, 9.17) is 15.2 Å². The van der Waals surface area contributed by atoms with Gasteiger partial charge in [0.1, 0.15) is 0 Å². The topological polar surface area (TPSA) is 90.7 Å². The van der Waals surface area contributed by atoms with Gasteiger partial charge in [-0.15, -0.1) is 0 Å². The summed E-state index contributed by atoms with van der Waals surface area (Å²) in [6.07, 6.45) is 3.31. The van der Waals surface area contributed by atoms with Crippen LogP contribution in [0.1, 0.15) is 11.1 Å². The quantitative estimate of drug-likeness (QED) is 0.824. The number of nitrogens with two attached hydrogens (primary N) is 1. The summed E-state index contributed by atoms with van der Waals surface area (Å²) in [5.74, 6) is 0.726. The second-order valence-electron chi connectivity index (χ2n) is 5.28. The van der Waals surface area contributed by atoms with Gasteiger partial charge < -0.3 is 20.5 Å². The Kier molecular flexibility index (Phi) is 4.47. The van der Waals surface area contributed by atoms with Crippen molar-refractivity contribution in [3.8, 4) is 11.5 Å². The third kappa shape index (κ3) is 3.92. The summed E-state index contributed by atoms with van der Waals surface area (Å²) < 4.78 is 10.5. The number of rotatable bonds is 5. The van der Waals surface area contributed by atoms with Crippen molar-refractivity contribution in [3.63, 3.8) is 0 Å². The van der Waals surface area contributed by atoms with Gasteiger partial charge in [0.25, 0.3) is 0 Å². The normalized spacial score (nSPS) is 12.3. The molecule has 0 aliphatic carbocycles. The van der Waals surface area contributed by atoms with Crippen LogP contribution in [0, 0.1) is 0 Å². The van der Waals surface area contributed by atoms with E-state index in [1.165, 1.54) is 6.08 Å². The Morgan fingerprint density at radius 2 is 1.83 bits per heavy atom. The number of fused-ring (bicyclic) bond motifs is 1. The molecular weight excluding hydrogens is 308 g/mol. The minimum atomic E-state index is -0.390. The molecular formula is C18H16N2O4. The van der Waals surface area contributed by atoms with E-state index in [2.05, 4.69) is 5.32 Å². The first-order valence-electron chi connectivity index (χ1n) is 7.36. The van der Waals surface area contributed by atoms with E-state index in [1.807, 2.05) is 12.1 Å². The summed E-state index contributed by atoms with van der Waals surface area (Å²) in [5, 5.41) is 2.75. The maximum atomic E-state index is 12.0. The molecule has 0 bridgehead atoms. The van der Waals surface area contributed by atoms with Gasteiger partial charge in [-0.2, -0.15) is 0 Å². The van der Waals surface area contributed by atoms with Gasteiger partial charge in [-0.1, -0.05) is 18.2 Å². The highest BCUT2D eigenvalue weighted by molar-refractivity contribution is 6.02. The molecule has 0 saturated carbocycles. The molecule has 6 heteroatoms. The molecule has 0 fully saturated rings. The fourth-order valence-corrected chi connectivity index (χ4v) is 2.28. The number of hydrogen-bond donors (Lipinski definition) is 2. The lowest BCUT2D eigenvalue weighted by molar-refractivity contribution is -0.117. The van der Waals surface area contributed by atoms with Crippen LogP contribution in [0.5, 0.6) is 11.5 Å². The second-order valence-corrected chi connectivity index (χ2v) is 5.28. The van der Waals surface area contributed by atoms with E-state index in [0.717, 1.165) is 11.1 Å². The van der Waals surface area contributed by atoms with E-state index in [1.54, 1.807) is 36.4 Å². The fourth-order valence-electron chi connectivity index (χ4n) is 2.28. The number of carbonyl (C=O) groups is 2. The van der Waals surface area contributed by atoms with Gasteiger partial charge in [0.15, 0.2) is 11.5 Å². The van der Waals surface area contributed by atoms with Crippen molar-refractivity contribution < 1.29 is 19.1 Å². The first-order valence-corrected chi connectivity index (χ1v) is 7.36. The molecule has 0 saturated heterocycles. The zero-order valence-electron chi connectivity index (χ0n) is 12.8. The monoisotopic (exact) mass is 324 g/mol. The highest BCUT2D eigenvalue weighted by atomic mass is 16.7. The summed E-state index contributed by atoms with van der Waals surface area (Å²) in [6.45, 7) is 0.217. The molecule has 0 radical (unpaired) electrons. The number of nitrogens with one attached hydrogen (secondary N) is 1. The molecule has 0 spiro atoms. The molecule has 1 aliphatic rings. The second kappa shape index (κ2) is 6.87. The summed E-state index contributed by atoms with van der Waals surface area (Å²) in [4.78, 5) is 22.8. The van der Waals surface area contributed by atoms with E-state index in [0.29, 0.717) is 17.2 Å². The van der Waals surface area contributed by atoms with Gasteiger partial charge in [-0.3, -0.25) is 9.59 Å². The van der Waals surface area contributed by atoms with Crippen LogP contribution < -0.4 is 20.5 Å². The van der Waals surface area contributed by atoms with Gasteiger partial charge in [-0.25, -0.2) is 0 Å². The molecule has 24 heavy (non-hydrogen) atoms. The predicted molar refractivity (Wildman–Crippen MR) is 89.6 cm³/mol. The van der Waals surface area contributed by atoms with Crippen LogP contribution in [-0.4, -0.2) is 18.6 Å². The average Bonchev–Trinajstić information content (AvgIpc) is 3.02. The minimum absolute atomic E-state index is 0.179. The summed E-state index contributed by atoms with van der Waals surface area (Å²) in [7, 11) is 0. The van der Waals surface area contributed by atoms with Crippen molar-refractivity contribution in [1.82, 2.24) is 0 Å². The van der Waals surface area contributed by atoms with E-state index in [-0.39, 0.29) is 19.1 Å². The average molecular weight is 324 g/mol. The Morgan fingerprint density at radius 1 is 1.08 bits per heavy atom. The summed E-state index contributed by atoms with van der Waals surface area (Å²) >= 11 is 0. The molecule has 2 amide bonds.